The van der Waals surface area contributed by atoms with E-state index >= 15 is 0 Å². The lowest BCUT2D eigenvalue weighted by Gasteiger charge is -2.34. The molecule has 0 fully saturated rings. The fraction of sp³-hybridized carbons (Fsp3) is 0.630. The highest BCUT2D eigenvalue weighted by atomic mass is 16.6. The van der Waals surface area contributed by atoms with E-state index < -0.39 is 41.6 Å². The predicted octanol–water partition coefficient (Wildman–Crippen LogP) is 3.81. The topological polar surface area (TPSA) is 114 Å². The third kappa shape index (κ3) is 9.17. The standard InChI is InChI=1S/C27H43N3O6/c1-10-17(3)22(29-26(34)36-27(6,7)8)25(33)30(9)23(20-14-12-13-18(4)19(20)5)24(32)28-16-15-21(31)35-11-2/h12-14,17,22-23H,10-11,15-16H2,1-9H3,(H,28,32)(H,29,34). The number of hydrogen-bond acceptors (Lipinski definition) is 6. The molecule has 2 N–H and O–H groups in total. The maximum Gasteiger partial charge on any atom is 0.408 e. The second kappa shape index (κ2) is 13.8. The van der Waals surface area contributed by atoms with Gasteiger partial charge in [0, 0.05) is 13.6 Å². The lowest BCUT2D eigenvalue weighted by molar-refractivity contribution is -0.144. The van der Waals surface area contributed by atoms with Crippen molar-refractivity contribution in [3.63, 3.8) is 0 Å². The maximum absolute atomic E-state index is 13.7. The summed E-state index contributed by atoms with van der Waals surface area (Å²) in [5.74, 6) is -1.46. The Bertz CT molecular complexity index is 925. The third-order valence-corrected chi connectivity index (χ3v) is 6.01. The number of rotatable bonds is 11. The van der Waals surface area contributed by atoms with Gasteiger partial charge >= 0.3 is 12.1 Å². The Hall–Kier alpha value is -3.10. The summed E-state index contributed by atoms with van der Waals surface area (Å²) in [6, 6.07) is 3.71. The molecule has 36 heavy (non-hydrogen) atoms. The smallest absolute Gasteiger partial charge is 0.408 e. The molecule has 3 atom stereocenters. The molecule has 9 heteroatoms. The second-order valence-electron chi connectivity index (χ2n) is 10.00. The van der Waals surface area contributed by atoms with Crippen LogP contribution in [0.15, 0.2) is 18.2 Å². The predicted molar refractivity (Wildman–Crippen MR) is 138 cm³/mol. The van der Waals surface area contributed by atoms with E-state index in [0.717, 1.165) is 11.1 Å². The van der Waals surface area contributed by atoms with Gasteiger partial charge in [-0.2, -0.15) is 0 Å². The van der Waals surface area contributed by atoms with Gasteiger partial charge in [0.25, 0.3) is 0 Å². The van der Waals surface area contributed by atoms with Crippen LogP contribution >= 0.6 is 0 Å². The van der Waals surface area contributed by atoms with Gasteiger partial charge in [-0.1, -0.05) is 38.5 Å². The minimum atomic E-state index is -0.966. The summed E-state index contributed by atoms with van der Waals surface area (Å²) in [7, 11) is 1.55. The van der Waals surface area contributed by atoms with Crippen LogP contribution in [-0.4, -0.2) is 60.6 Å². The number of benzene rings is 1. The van der Waals surface area contributed by atoms with Gasteiger partial charge in [0.15, 0.2) is 0 Å². The second-order valence-corrected chi connectivity index (χ2v) is 10.00. The van der Waals surface area contributed by atoms with Crippen molar-refractivity contribution >= 4 is 23.9 Å². The summed E-state index contributed by atoms with van der Waals surface area (Å²) in [6.45, 7) is 14.9. The van der Waals surface area contributed by atoms with Crippen molar-refractivity contribution in [1.82, 2.24) is 15.5 Å². The zero-order chi connectivity index (χ0) is 27.6. The molecule has 0 heterocycles. The largest absolute Gasteiger partial charge is 0.466 e. The van der Waals surface area contributed by atoms with Crippen LogP contribution in [0.25, 0.3) is 0 Å². The molecular weight excluding hydrogens is 462 g/mol. The van der Waals surface area contributed by atoms with Crippen molar-refractivity contribution in [2.45, 2.75) is 85.9 Å². The van der Waals surface area contributed by atoms with Crippen molar-refractivity contribution in [2.75, 3.05) is 20.2 Å². The highest BCUT2D eigenvalue weighted by molar-refractivity contribution is 5.92. The Labute approximate surface area is 215 Å². The van der Waals surface area contributed by atoms with Crippen molar-refractivity contribution in [3.05, 3.63) is 34.9 Å². The number of hydrogen-bond donors (Lipinski definition) is 2. The summed E-state index contributed by atoms with van der Waals surface area (Å²) in [5.41, 5.74) is 1.80. The summed E-state index contributed by atoms with van der Waals surface area (Å²) < 4.78 is 10.3. The molecule has 1 rings (SSSR count). The molecule has 1 aromatic carbocycles. The number of carbonyl (C=O) groups excluding carboxylic acids is 4. The molecule has 0 aliphatic carbocycles. The molecule has 0 spiro atoms. The number of esters is 1. The van der Waals surface area contributed by atoms with Crippen LogP contribution < -0.4 is 10.6 Å². The van der Waals surface area contributed by atoms with Crippen LogP contribution in [0.3, 0.4) is 0 Å². The molecule has 9 nitrogen and oxygen atoms in total. The van der Waals surface area contributed by atoms with Crippen LogP contribution in [0.1, 0.15) is 77.1 Å². The highest BCUT2D eigenvalue weighted by Crippen LogP contribution is 2.27. The highest BCUT2D eigenvalue weighted by Gasteiger charge is 2.36. The van der Waals surface area contributed by atoms with Crippen molar-refractivity contribution < 1.29 is 28.7 Å². The van der Waals surface area contributed by atoms with Crippen molar-refractivity contribution in [2.24, 2.45) is 5.92 Å². The molecule has 202 valence electrons. The average Bonchev–Trinajstić information content (AvgIpc) is 2.78. The fourth-order valence-electron chi connectivity index (χ4n) is 3.68. The molecule has 0 saturated carbocycles. The number of ether oxygens (including phenoxy) is 2. The van der Waals surface area contributed by atoms with E-state index in [9.17, 15) is 19.2 Å². The molecule has 0 bridgehead atoms. The molecule has 3 amide bonds. The zero-order valence-electron chi connectivity index (χ0n) is 23.2. The number of likely N-dealkylation sites (N-methyl/N-ethyl adjacent to an activating group) is 1. The Morgan fingerprint density at radius 1 is 1.08 bits per heavy atom. The number of amides is 3. The van der Waals surface area contributed by atoms with Gasteiger partial charge in [0.05, 0.1) is 13.0 Å². The van der Waals surface area contributed by atoms with Crippen LogP contribution in [-0.2, 0) is 23.9 Å². The van der Waals surface area contributed by atoms with Gasteiger partial charge in [-0.15, -0.1) is 0 Å². The summed E-state index contributed by atoms with van der Waals surface area (Å²) in [5, 5.41) is 5.46. The number of nitrogens with one attached hydrogen (secondary N) is 2. The van der Waals surface area contributed by atoms with Crippen LogP contribution in [0.4, 0.5) is 4.79 Å². The van der Waals surface area contributed by atoms with Gasteiger partial charge in [-0.3, -0.25) is 14.4 Å². The van der Waals surface area contributed by atoms with Crippen molar-refractivity contribution in [1.29, 1.82) is 0 Å². The van der Waals surface area contributed by atoms with E-state index in [2.05, 4.69) is 10.6 Å². The van der Waals surface area contributed by atoms with Gasteiger partial charge < -0.3 is 25.0 Å². The SMILES string of the molecule is CCOC(=O)CCNC(=O)C(c1cccc(C)c1C)N(C)C(=O)C(NC(=O)OC(C)(C)C)C(C)CC. The zero-order valence-corrected chi connectivity index (χ0v) is 23.2. The molecule has 0 aliphatic heterocycles. The van der Waals surface area contributed by atoms with E-state index in [1.54, 1.807) is 40.8 Å². The fourth-order valence-corrected chi connectivity index (χ4v) is 3.68. The first-order valence-corrected chi connectivity index (χ1v) is 12.5. The van der Waals surface area contributed by atoms with E-state index in [-0.39, 0.29) is 25.5 Å². The van der Waals surface area contributed by atoms with Gasteiger partial charge in [0.1, 0.15) is 17.7 Å². The molecule has 0 aromatic heterocycles. The Morgan fingerprint density at radius 2 is 1.72 bits per heavy atom. The minimum absolute atomic E-state index is 0.0203. The molecule has 0 saturated heterocycles. The van der Waals surface area contributed by atoms with Crippen LogP contribution in [0.2, 0.25) is 0 Å². The van der Waals surface area contributed by atoms with Crippen LogP contribution in [0.5, 0.6) is 0 Å². The quantitative estimate of drug-likeness (QED) is 0.442. The Balaban J connectivity index is 3.29. The number of alkyl carbamates (subject to hydrolysis) is 1. The van der Waals surface area contributed by atoms with Gasteiger partial charge in [-0.25, -0.2) is 4.79 Å². The number of carbonyl (C=O) groups is 4. The summed E-state index contributed by atoms with van der Waals surface area (Å²) >= 11 is 0. The molecule has 0 radical (unpaired) electrons. The third-order valence-electron chi connectivity index (χ3n) is 6.01. The van der Waals surface area contributed by atoms with Gasteiger partial charge in [0.2, 0.25) is 11.8 Å². The van der Waals surface area contributed by atoms with E-state index in [0.29, 0.717) is 12.0 Å². The van der Waals surface area contributed by atoms with Crippen molar-refractivity contribution in [3.8, 4) is 0 Å². The molecule has 3 unspecified atom stereocenters. The monoisotopic (exact) mass is 505 g/mol. The van der Waals surface area contributed by atoms with E-state index in [1.165, 1.54) is 4.90 Å². The average molecular weight is 506 g/mol. The first kappa shape index (κ1) is 30.9. The van der Waals surface area contributed by atoms with E-state index in [4.69, 9.17) is 9.47 Å². The molecule has 0 aliphatic rings. The van der Waals surface area contributed by atoms with Crippen LogP contribution in [0, 0.1) is 19.8 Å². The Morgan fingerprint density at radius 3 is 2.28 bits per heavy atom. The Kier molecular flexibility index (Phi) is 11.9. The molecular formula is C27H43N3O6. The first-order valence-electron chi connectivity index (χ1n) is 12.5. The maximum atomic E-state index is 13.7. The lowest BCUT2D eigenvalue weighted by atomic mass is 9.93. The van der Waals surface area contributed by atoms with Gasteiger partial charge in [-0.05, 0) is 64.2 Å². The van der Waals surface area contributed by atoms with E-state index in [1.807, 2.05) is 39.8 Å². The number of nitrogens with zero attached hydrogens (tertiary/aromatic N) is 1. The molecule has 1 aromatic rings. The summed E-state index contributed by atoms with van der Waals surface area (Å²) in [4.78, 5) is 52.7. The summed E-state index contributed by atoms with van der Waals surface area (Å²) in [6.07, 6.45) is -0.0523. The normalized spacial score (nSPS) is 13.7. The first-order chi connectivity index (χ1) is 16.7. The lowest BCUT2D eigenvalue weighted by Crippen LogP contribution is -2.54. The minimum Gasteiger partial charge on any atom is -0.466 e. The number of aryl methyl sites for hydroxylation is 1.